The number of nitrogens with zero attached hydrogens (tertiary/aromatic N) is 5. The number of hydrogen-bond donors (Lipinski definition) is 1. The molecule has 0 unspecified atom stereocenters. The molecule has 2 aromatic heterocycles. The van der Waals surface area contributed by atoms with Gasteiger partial charge in [-0.25, -0.2) is 4.79 Å². The van der Waals surface area contributed by atoms with E-state index in [1.165, 1.54) is 18.4 Å². The summed E-state index contributed by atoms with van der Waals surface area (Å²) in [6, 6.07) is 2.07. The number of esters is 1. The molecule has 0 saturated carbocycles. The highest BCUT2D eigenvalue weighted by Gasteiger charge is 2.27. The quantitative estimate of drug-likeness (QED) is 0.809. The fourth-order valence-corrected chi connectivity index (χ4v) is 3.36. The van der Waals surface area contributed by atoms with Crippen molar-refractivity contribution in [3.05, 3.63) is 22.6 Å². The molecule has 0 amide bonds. The Bertz CT molecular complexity index is 744. The number of carbonyl (C=O) groups excluding carboxylic acids is 1. The van der Waals surface area contributed by atoms with E-state index in [9.17, 15) is 10.1 Å². The summed E-state index contributed by atoms with van der Waals surface area (Å²) in [5.41, 5.74) is 6.39. The van der Waals surface area contributed by atoms with Gasteiger partial charge in [-0.1, -0.05) is 0 Å². The molecule has 1 aliphatic heterocycles. The van der Waals surface area contributed by atoms with Crippen molar-refractivity contribution < 1.29 is 9.53 Å². The van der Waals surface area contributed by atoms with Crippen molar-refractivity contribution in [2.75, 3.05) is 24.3 Å². The number of rotatable bonds is 2. The lowest BCUT2D eigenvalue weighted by atomic mass is 10.2. The molecule has 108 valence electrons. The summed E-state index contributed by atoms with van der Waals surface area (Å²) in [5, 5.41) is 17.9. The zero-order valence-corrected chi connectivity index (χ0v) is 12.1. The van der Waals surface area contributed by atoms with Crippen molar-refractivity contribution in [1.82, 2.24) is 14.8 Å². The Labute approximate surface area is 124 Å². The van der Waals surface area contributed by atoms with Gasteiger partial charge >= 0.3 is 5.97 Å². The number of anilines is 2. The van der Waals surface area contributed by atoms with E-state index >= 15 is 0 Å². The first kappa shape index (κ1) is 13.4. The average molecular weight is 304 g/mol. The molecule has 2 aromatic rings. The maximum atomic E-state index is 11.7. The molecule has 1 aliphatic rings. The average Bonchev–Trinajstić information content (AvgIpc) is 3.09. The van der Waals surface area contributed by atoms with Gasteiger partial charge in [0.25, 0.3) is 0 Å². The number of nitriles is 1. The molecule has 0 fully saturated rings. The van der Waals surface area contributed by atoms with E-state index < -0.39 is 5.97 Å². The smallest absolute Gasteiger partial charge is 0.350 e. The third-order valence-electron chi connectivity index (χ3n) is 3.34. The van der Waals surface area contributed by atoms with Crippen molar-refractivity contribution in [2.24, 2.45) is 0 Å². The van der Waals surface area contributed by atoms with Crippen LogP contribution in [0.25, 0.3) is 0 Å². The van der Waals surface area contributed by atoms with E-state index in [4.69, 9.17) is 10.5 Å². The van der Waals surface area contributed by atoms with Crippen LogP contribution >= 0.6 is 11.3 Å². The van der Waals surface area contributed by atoms with Crippen LogP contribution in [0.3, 0.4) is 0 Å². The molecule has 21 heavy (non-hydrogen) atoms. The number of ether oxygens (including phenoxy) is 1. The van der Waals surface area contributed by atoms with Crippen LogP contribution in [0.5, 0.6) is 0 Å². The predicted octanol–water partition coefficient (Wildman–Crippen LogP) is 0.600. The molecule has 0 radical (unpaired) electrons. The second-order valence-electron chi connectivity index (χ2n) is 4.49. The van der Waals surface area contributed by atoms with Crippen LogP contribution in [0.2, 0.25) is 0 Å². The molecule has 0 saturated heterocycles. The number of methoxy groups -OCH3 is 1. The van der Waals surface area contributed by atoms with E-state index in [1.54, 1.807) is 6.33 Å². The van der Waals surface area contributed by atoms with Gasteiger partial charge < -0.3 is 19.9 Å². The minimum atomic E-state index is -0.527. The maximum absolute atomic E-state index is 11.7. The zero-order valence-electron chi connectivity index (χ0n) is 11.2. The Morgan fingerprint density at radius 2 is 2.38 bits per heavy atom. The predicted molar refractivity (Wildman–Crippen MR) is 75.9 cm³/mol. The topological polar surface area (TPSA) is 110 Å². The van der Waals surface area contributed by atoms with E-state index in [-0.39, 0.29) is 10.6 Å². The number of thiophene rings is 1. The Morgan fingerprint density at radius 1 is 1.57 bits per heavy atom. The molecule has 3 rings (SSSR count). The van der Waals surface area contributed by atoms with Gasteiger partial charge in [-0.15, -0.1) is 21.5 Å². The van der Waals surface area contributed by atoms with E-state index in [0.29, 0.717) is 23.7 Å². The third kappa shape index (κ3) is 2.09. The lowest BCUT2D eigenvalue weighted by Crippen LogP contribution is -2.33. The van der Waals surface area contributed by atoms with Crippen LogP contribution in [0, 0.1) is 11.3 Å². The summed E-state index contributed by atoms with van der Waals surface area (Å²) in [6.45, 7) is 1.94. The molecule has 3 heterocycles. The number of nitrogens with two attached hydrogens (primary N) is 1. The highest BCUT2D eigenvalue weighted by molar-refractivity contribution is 7.18. The first-order valence-corrected chi connectivity index (χ1v) is 6.99. The van der Waals surface area contributed by atoms with Gasteiger partial charge in [0, 0.05) is 13.1 Å². The van der Waals surface area contributed by atoms with Crippen LogP contribution in [0.4, 0.5) is 10.7 Å². The number of fused-ring (bicyclic) bond motifs is 1. The molecule has 0 bridgehead atoms. The van der Waals surface area contributed by atoms with Gasteiger partial charge in [0.2, 0.25) is 0 Å². The van der Waals surface area contributed by atoms with Crippen LogP contribution in [-0.2, 0) is 17.8 Å². The molecule has 0 aliphatic carbocycles. The van der Waals surface area contributed by atoms with Gasteiger partial charge in [-0.2, -0.15) is 5.26 Å². The van der Waals surface area contributed by atoms with Gasteiger partial charge in [0.1, 0.15) is 27.8 Å². The van der Waals surface area contributed by atoms with E-state index in [0.717, 1.165) is 12.4 Å². The molecular formula is C12H12N6O2S. The number of nitrogen functional groups attached to an aromatic ring is 1. The Morgan fingerprint density at radius 3 is 3.10 bits per heavy atom. The number of hydrogen-bond acceptors (Lipinski definition) is 8. The minimum absolute atomic E-state index is 0.177. The van der Waals surface area contributed by atoms with Crippen molar-refractivity contribution in [3.63, 3.8) is 0 Å². The first-order chi connectivity index (χ1) is 10.2. The monoisotopic (exact) mass is 304 g/mol. The number of carbonyl (C=O) groups is 1. The molecule has 0 atom stereocenters. The van der Waals surface area contributed by atoms with Gasteiger partial charge in [-0.3, -0.25) is 0 Å². The highest BCUT2D eigenvalue weighted by atomic mass is 32.1. The van der Waals surface area contributed by atoms with Crippen LogP contribution < -0.4 is 10.6 Å². The largest absolute Gasteiger partial charge is 0.465 e. The second-order valence-corrected chi connectivity index (χ2v) is 5.49. The summed E-state index contributed by atoms with van der Waals surface area (Å²) in [4.78, 5) is 14.0. The van der Waals surface area contributed by atoms with Crippen LogP contribution in [-0.4, -0.2) is 34.4 Å². The third-order valence-corrected chi connectivity index (χ3v) is 4.58. The Balaban J connectivity index is 2.00. The van der Waals surface area contributed by atoms with E-state index in [2.05, 4.69) is 16.3 Å². The maximum Gasteiger partial charge on any atom is 0.350 e. The second kappa shape index (κ2) is 5.06. The summed E-state index contributed by atoms with van der Waals surface area (Å²) in [6.07, 6.45) is 1.68. The van der Waals surface area contributed by atoms with Gasteiger partial charge in [0.05, 0.1) is 19.3 Å². The van der Waals surface area contributed by atoms with Crippen molar-refractivity contribution in [2.45, 2.75) is 13.1 Å². The summed E-state index contributed by atoms with van der Waals surface area (Å²) >= 11 is 1.17. The highest BCUT2D eigenvalue weighted by Crippen LogP contribution is 2.39. The SMILES string of the molecule is COC(=O)c1sc(N2CCn3cnnc3C2)c(C#N)c1N. The molecule has 8 nitrogen and oxygen atoms in total. The van der Waals surface area contributed by atoms with Gasteiger partial charge in [0.15, 0.2) is 5.82 Å². The summed E-state index contributed by atoms with van der Waals surface area (Å²) < 4.78 is 6.66. The molecule has 9 heteroatoms. The lowest BCUT2D eigenvalue weighted by molar-refractivity contribution is 0.0607. The van der Waals surface area contributed by atoms with Crippen molar-refractivity contribution in [3.8, 4) is 6.07 Å². The molecule has 2 N–H and O–H groups in total. The van der Waals surface area contributed by atoms with Crippen LogP contribution in [0.15, 0.2) is 6.33 Å². The standard InChI is InChI=1S/C12H12N6O2S/c1-20-12(19)10-9(14)7(4-13)11(21-10)17-2-3-18-6-15-16-8(18)5-17/h6H,2-3,5,14H2,1H3. The van der Waals surface area contributed by atoms with E-state index in [1.807, 2.05) is 9.47 Å². The lowest BCUT2D eigenvalue weighted by Gasteiger charge is -2.27. The minimum Gasteiger partial charge on any atom is -0.465 e. The summed E-state index contributed by atoms with van der Waals surface area (Å²) in [7, 11) is 1.29. The first-order valence-electron chi connectivity index (χ1n) is 6.18. The number of aromatic nitrogens is 3. The van der Waals surface area contributed by atoms with Gasteiger partial charge in [-0.05, 0) is 0 Å². The summed E-state index contributed by atoms with van der Waals surface area (Å²) in [5.74, 6) is 0.289. The van der Waals surface area contributed by atoms with Crippen LogP contribution in [0.1, 0.15) is 21.1 Å². The van der Waals surface area contributed by atoms with Crippen molar-refractivity contribution in [1.29, 1.82) is 5.26 Å². The molecular weight excluding hydrogens is 292 g/mol. The fourth-order valence-electron chi connectivity index (χ4n) is 2.25. The Hall–Kier alpha value is -2.60. The Kier molecular flexibility index (Phi) is 3.23. The molecule has 0 spiro atoms. The normalized spacial score (nSPS) is 13.6. The molecule has 0 aromatic carbocycles. The van der Waals surface area contributed by atoms with Crippen molar-refractivity contribution >= 4 is 28.0 Å². The zero-order chi connectivity index (χ0) is 15.0. The fraction of sp³-hybridized carbons (Fsp3) is 0.333.